The van der Waals surface area contributed by atoms with E-state index >= 15 is 0 Å². The molecule has 120 valence electrons. The molecule has 2 aromatic carbocycles. The van der Waals surface area contributed by atoms with Gasteiger partial charge in [0.15, 0.2) is 5.78 Å². The van der Waals surface area contributed by atoms with Gasteiger partial charge in [0, 0.05) is 23.1 Å². The van der Waals surface area contributed by atoms with Gasteiger partial charge in [-0.05, 0) is 24.3 Å². The van der Waals surface area contributed by atoms with Gasteiger partial charge < -0.3 is 9.84 Å². The molecule has 0 fully saturated rings. The zero-order chi connectivity index (χ0) is 17.3. The van der Waals surface area contributed by atoms with E-state index in [1.165, 1.54) is 13.2 Å². The fourth-order valence-electron chi connectivity index (χ4n) is 2.62. The predicted molar refractivity (Wildman–Crippen MR) is 87.3 cm³/mol. The van der Waals surface area contributed by atoms with Crippen LogP contribution >= 0.6 is 0 Å². The molecule has 0 saturated heterocycles. The Morgan fingerprint density at radius 2 is 1.58 bits per heavy atom. The van der Waals surface area contributed by atoms with Crippen LogP contribution in [-0.2, 0) is 4.79 Å². The quantitative estimate of drug-likeness (QED) is 0.691. The van der Waals surface area contributed by atoms with Crippen LogP contribution in [0.25, 0.3) is 5.76 Å². The Bertz CT molecular complexity index is 875. The van der Waals surface area contributed by atoms with Crippen LogP contribution < -0.4 is 4.74 Å². The molecule has 0 spiro atoms. The summed E-state index contributed by atoms with van der Waals surface area (Å²) in [7, 11) is 1.52. The summed E-state index contributed by atoms with van der Waals surface area (Å²) in [6.07, 6.45) is -0.336. The van der Waals surface area contributed by atoms with E-state index in [0.29, 0.717) is 11.3 Å². The van der Waals surface area contributed by atoms with Gasteiger partial charge in [-0.2, -0.15) is 0 Å². The van der Waals surface area contributed by atoms with Crippen molar-refractivity contribution in [1.29, 1.82) is 0 Å². The number of methoxy groups -OCH3 is 1. The van der Waals surface area contributed by atoms with Crippen LogP contribution in [0.15, 0.2) is 54.1 Å². The standard InChI is InChI=1S/C19H14O5/c1-24-12-8-6-11(7-9-12)16(20)10-15-17(21)13-4-2-3-5-14(13)18(22)19(15)23/h2-9,21H,10H2,1H3. The van der Waals surface area contributed by atoms with Crippen molar-refractivity contribution in [2.45, 2.75) is 6.42 Å². The van der Waals surface area contributed by atoms with Gasteiger partial charge in [-0.1, -0.05) is 24.3 Å². The molecule has 0 atom stereocenters. The maximum Gasteiger partial charge on any atom is 0.234 e. The van der Waals surface area contributed by atoms with Crippen molar-refractivity contribution in [2.75, 3.05) is 7.11 Å². The Morgan fingerprint density at radius 3 is 2.21 bits per heavy atom. The van der Waals surface area contributed by atoms with Crippen molar-refractivity contribution in [2.24, 2.45) is 0 Å². The Kier molecular flexibility index (Phi) is 4.00. The van der Waals surface area contributed by atoms with Gasteiger partial charge in [0.2, 0.25) is 11.6 Å². The lowest BCUT2D eigenvalue weighted by Gasteiger charge is -2.17. The van der Waals surface area contributed by atoms with Crippen LogP contribution in [0.3, 0.4) is 0 Å². The van der Waals surface area contributed by atoms with Gasteiger partial charge in [0.1, 0.15) is 11.5 Å². The van der Waals surface area contributed by atoms with Gasteiger partial charge in [0.25, 0.3) is 0 Å². The SMILES string of the molecule is COc1ccc(C(=O)CC2=C(O)c3ccccc3C(=O)C2=O)cc1. The van der Waals surface area contributed by atoms with Gasteiger partial charge >= 0.3 is 0 Å². The van der Waals surface area contributed by atoms with Crippen molar-refractivity contribution >= 4 is 23.1 Å². The number of Topliss-reactive ketones (excluding diaryl/α,β-unsaturated/α-hetero) is 3. The summed E-state index contributed by atoms with van der Waals surface area (Å²) in [4.78, 5) is 36.8. The molecule has 0 unspecified atom stereocenters. The molecule has 2 aromatic rings. The Balaban J connectivity index is 1.95. The number of fused-ring (bicyclic) bond motifs is 1. The van der Waals surface area contributed by atoms with E-state index in [2.05, 4.69) is 0 Å². The van der Waals surface area contributed by atoms with Crippen LogP contribution in [0.4, 0.5) is 0 Å². The summed E-state index contributed by atoms with van der Waals surface area (Å²) < 4.78 is 5.03. The molecule has 5 nitrogen and oxygen atoms in total. The van der Waals surface area contributed by atoms with Crippen molar-refractivity contribution in [3.05, 3.63) is 70.8 Å². The molecule has 24 heavy (non-hydrogen) atoms. The molecule has 1 aliphatic carbocycles. The Labute approximate surface area is 138 Å². The molecule has 1 aliphatic rings. The minimum atomic E-state index is -0.840. The third-order valence-electron chi connectivity index (χ3n) is 3.94. The summed E-state index contributed by atoms with van der Waals surface area (Å²) in [5.41, 5.74) is 0.634. The van der Waals surface area contributed by atoms with Crippen molar-refractivity contribution < 1.29 is 24.2 Å². The number of ketones is 3. The minimum Gasteiger partial charge on any atom is -0.507 e. The number of hydrogen-bond acceptors (Lipinski definition) is 5. The number of carbonyl (C=O) groups is 3. The third-order valence-corrected chi connectivity index (χ3v) is 3.94. The number of ether oxygens (including phenoxy) is 1. The van der Waals surface area contributed by atoms with Gasteiger partial charge in [-0.15, -0.1) is 0 Å². The summed E-state index contributed by atoms with van der Waals surface area (Å²) in [6.45, 7) is 0. The van der Waals surface area contributed by atoms with Crippen molar-refractivity contribution in [3.8, 4) is 5.75 Å². The lowest BCUT2D eigenvalue weighted by Crippen LogP contribution is -2.25. The van der Waals surface area contributed by atoms with Gasteiger partial charge in [0.05, 0.1) is 12.7 Å². The number of rotatable bonds is 4. The highest BCUT2D eigenvalue weighted by atomic mass is 16.5. The zero-order valence-electron chi connectivity index (χ0n) is 12.9. The Morgan fingerprint density at radius 1 is 0.958 bits per heavy atom. The second-order valence-electron chi connectivity index (χ2n) is 5.36. The molecule has 5 heteroatoms. The molecule has 0 aliphatic heterocycles. The van der Waals surface area contributed by atoms with Crippen molar-refractivity contribution in [1.82, 2.24) is 0 Å². The lowest BCUT2D eigenvalue weighted by molar-refractivity contribution is -0.112. The van der Waals surface area contributed by atoms with Crippen molar-refractivity contribution in [3.63, 3.8) is 0 Å². The van der Waals surface area contributed by atoms with E-state index in [1.807, 2.05) is 0 Å². The Hall–Kier alpha value is -3.21. The number of carbonyl (C=O) groups excluding carboxylic acids is 3. The second-order valence-corrected chi connectivity index (χ2v) is 5.36. The first-order chi connectivity index (χ1) is 11.5. The number of benzene rings is 2. The molecule has 0 bridgehead atoms. The van der Waals surface area contributed by atoms with Crippen LogP contribution in [0.5, 0.6) is 5.75 Å². The topological polar surface area (TPSA) is 80.7 Å². The molecule has 0 aromatic heterocycles. The van der Waals surface area contributed by atoms with E-state index < -0.39 is 11.6 Å². The number of aliphatic hydroxyl groups is 1. The molecular weight excluding hydrogens is 308 g/mol. The van der Waals surface area contributed by atoms with E-state index in [-0.39, 0.29) is 34.7 Å². The summed E-state index contributed by atoms with van der Waals surface area (Å²) in [5, 5.41) is 10.3. The van der Waals surface area contributed by atoms with E-state index in [1.54, 1.807) is 42.5 Å². The van der Waals surface area contributed by atoms with Crippen LogP contribution in [0.2, 0.25) is 0 Å². The zero-order valence-corrected chi connectivity index (χ0v) is 12.9. The summed E-state index contributed by atoms with van der Waals surface area (Å²) in [5.74, 6) is -1.61. The van der Waals surface area contributed by atoms with Gasteiger partial charge in [-0.25, -0.2) is 0 Å². The van der Waals surface area contributed by atoms with Crippen LogP contribution in [0, 0.1) is 0 Å². The fraction of sp³-hybridized carbons (Fsp3) is 0.105. The molecular formula is C19H14O5. The largest absolute Gasteiger partial charge is 0.507 e. The van der Waals surface area contributed by atoms with E-state index in [0.717, 1.165) is 0 Å². The number of hydrogen-bond donors (Lipinski definition) is 1. The highest BCUT2D eigenvalue weighted by molar-refractivity contribution is 6.52. The third kappa shape index (κ3) is 2.60. The molecule has 1 N–H and O–H groups in total. The van der Waals surface area contributed by atoms with Crippen LogP contribution in [-0.4, -0.2) is 29.6 Å². The predicted octanol–water partition coefficient (Wildman–Crippen LogP) is 3.00. The molecule has 0 amide bonds. The maximum absolute atomic E-state index is 12.4. The first kappa shape index (κ1) is 15.7. The lowest BCUT2D eigenvalue weighted by atomic mass is 9.85. The number of aliphatic hydroxyl groups excluding tert-OH is 1. The average molecular weight is 322 g/mol. The summed E-state index contributed by atoms with van der Waals surface area (Å²) >= 11 is 0. The average Bonchev–Trinajstić information content (AvgIpc) is 2.63. The molecule has 0 radical (unpaired) electrons. The first-order valence-electron chi connectivity index (χ1n) is 7.30. The van der Waals surface area contributed by atoms with Gasteiger partial charge in [-0.3, -0.25) is 14.4 Å². The fourth-order valence-corrected chi connectivity index (χ4v) is 2.62. The maximum atomic E-state index is 12.4. The second kappa shape index (κ2) is 6.12. The smallest absolute Gasteiger partial charge is 0.234 e. The van der Waals surface area contributed by atoms with E-state index in [9.17, 15) is 19.5 Å². The minimum absolute atomic E-state index is 0.153. The highest BCUT2D eigenvalue weighted by Gasteiger charge is 2.33. The highest BCUT2D eigenvalue weighted by Crippen LogP contribution is 2.30. The summed E-state index contributed by atoms with van der Waals surface area (Å²) in [6, 6.07) is 12.7. The molecule has 0 heterocycles. The van der Waals surface area contributed by atoms with Crippen LogP contribution in [0.1, 0.15) is 32.7 Å². The molecule has 0 saturated carbocycles. The normalized spacial score (nSPS) is 13.7. The molecule has 3 rings (SSSR count). The monoisotopic (exact) mass is 322 g/mol. The van der Waals surface area contributed by atoms with E-state index in [4.69, 9.17) is 4.74 Å². The first-order valence-corrected chi connectivity index (χ1v) is 7.30. The number of allylic oxidation sites excluding steroid dienone is 1.